The Kier molecular flexibility index (Phi) is 9.48. The molecule has 2 aromatic rings. The molecule has 9 nitrogen and oxygen atoms in total. The summed E-state index contributed by atoms with van der Waals surface area (Å²) in [6.07, 6.45) is 3.52. The number of nitrogens with one attached hydrogen (secondary N) is 3. The predicted octanol–water partition coefficient (Wildman–Crippen LogP) is 1.66. The normalized spacial score (nSPS) is 20.5. The van der Waals surface area contributed by atoms with Crippen LogP contribution >= 0.6 is 0 Å². The van der Waals surface area contributed by atoms with E-state index < -0.39 is 30.0 Å². The van der Waals surface area contributed by atoms with Crippen molar-refractivity contribution >= 4 is 23.7 Å². The highest BCUT2D eigenvalue weighted by Crippen LogP contribution is 2.21. The van der Waals surface area contributed by atoms with Gasteiger partial charge < -0.3 is 26.0 Å². The Bertz CT molecular complexity index is 1100. The summed E-state index contributed by atoms with van der Waals surface area (Å²) in [5.74, 6) is -1.89. The van der Waals surface area contributed by atoms with Crippen LogP contribution in [0.2, 0.25) is 0 Å². The molecule has 38 heavy (non-hydrogen) atoms. The SMILES string of the molecule is O=C(C[C@H](Cc1ccccc1)NC(=O)[C@@H]1CCCN1C(=O)[C@@H]1CCCN1)N[C@@H](Cc1ccccc1)C(=O)O. The number of likely N-dealkylation sites (tertiary alicyclic amines) is 1. The molecule has 9 heteroatoms. The Morgan fingerprint density at radius 1 is 0.895 bits per heavy atom. The van der Waals surface area contributed by atoms with Crippen molar-refractivity contribution in [1.29, 1.82) is 0 Å². The number of benzene rings is 2. The van der Waals surface area contributed by atoms with Crippen LogP contribution in [0.3, 0.4) is 0 Å². The van der Waals surface area contributed by atoms with Crippen LogP contribution in [0.1, 0.15) is 43.2 Å². The third kappa shape index (κ3) is 7.41. The third-order valence-electron chi connectivity index (χ3n) is 7.22. The van der Waals surface area contributed by atoms with E-state index in [0.29, 0.717) is 19.4 Å². The molecule has 0 spiro atoms. The van der Waals surface area contributed by atoms with E-state index in [2.05, 4.69) is 16.0 Å². The molecule has 202 valence electrons. The molecule has 2 fully saturated rings. The Morgan fingerprint density at radius 3 is 2.16 bits per heavy atom. The molecule has 2 aliphatic heterocycles. The number of rotatable bonds is 11. The van der Waals surface area contributed by atoms with Gasteiger partial charge in [0.2, 0.25) is 17.7 Å². The van der Waals surface area contributed by atoms with Gasteiger partial charge in [-0.2, -0.15) is 0 Å². The van der Waals surface area contributed by atoms with Crippen molar-refractivity contribution in [2.45, 2.75) is 69.1 Å². The average molecular weight is 521 g/mol. The van der Waals surface area contributed by atoms with Gasteiger partial charge in [0.1, 0.15) is 12.1 Å². The quantitative estimate of drug-likeness (QED) is 0.357. The molecule has 0 radical (unpaired) electrons. The number of nitrogens with zero attached hydrogens (tertiary/aromatic N) is 1. The number of hydrogen-bond acceptors (Lipinski definition) is 5. The zero-order valence-electron chi connectivity index (χ0n) is 21.5. The minimum Gasteiger partial charge on any atom is -0.480 e. The second-order valence-electron chi connectivity index (χ2n) is 10.1. The first kappa shape index (κ1) is 27.3. The van der Waals surface area contributed by atoms with Gasteiger partial charge in [0.25, 0.3) is 0 Å². The smallest absolute Gasteiger partial charge is 0.326 e. The lowest BCUT2D eigenvalue weighted by molar-refractivity contribution is -0.142. The van der Waals surface area contributed by atoms with E-state index in [1.807, 2.05) is 60.7 Å². The summed E-state index contributed by atoms with van der Waals surface area (Å²) in [5, 5.41) is 18.5. The molecule has 4 rings (SSSR count). The first-order valence-electron chi connectivity index (χ1n) is 13.3. The van der Waals surface area contributed by atoms with Crippen LogP contribution in [0.4, 0.5) is 0 Å². The summed E-state index contributed by atoms with van der Waals surface area (Å²) in [6, 6.07) is 16.2. The lowest BCUT2D eigenvalue weighted by atomic mass is 10.0. The summed E-state index contributed by atoms with van der Waals surface area (Å²) in [4.78, 5) is 52.9. The molecule has 0 unspecified atom stereocenters. The second-order valence-corrected chi connectivity index (χ2v) is 10.1. The van der Waals surface area contributed by atoms with Crippen LogP contribution in [0.25, 0.3) is 0 Å². The van der Waals surface area contributed by atoms with E-state index in [-0.39, 0.29) is 30.7 Å². The van der Waals surface area contributed by atoms with Gasteiger partial charge in [-0.15, -0.1) is 0 Å². The molecule has 0 aromatic heterocycles. The van der Waals surface area contributed by atoms with Crippen LogP contribution in [0.5, 0.6) is 0 Å². The fourth-order valence-electron chi connectivity index (χ4n) is 5.30. The highest BCUT2D eigenvalue weighted by atomic mass is 16.4. The monoisotopic (exact) mass is 520 g/mol. The molecular weight excluding hydrogens is 484 g/mol. The molecular formula is C29H36N4O5. The van der Waals surface area contributed by atoms with Crippen molar-refractivity contribution in [2.24, 2.45) is 0 Å². The number of carbonyl (C=O) groups is 4. The van der Waals surface area contributed by atoms with Crippen molar-refractivity contribution in [1.82, 2.24) is 20.9 Å². The summed E-state index contributed by atoms with van der Waals surface area (Å²) >= 11 is 0. The number of amides is 3. The van der Waals surface area contributed by atoms with E-state index in [0.717, 1.165) is 36.9 Å². The maximum atomic E-state index is 13.4. The molecule has 2 aliphatic rings. The van der Waals surface area contributed by atoms with Crippen molar-refractivity contribution in [3.05, 3.63) is 71.8 Å². The predicted molar refractivity (Wildman–Crippen MR) is 142 cm³/mol. The number of carboxylic acids is 1. The molecule has 3 amide bonds. The average Bonchev–Trinajstić information content (AvgIpc) is 3.62. The van der Waals surface area contributed by atoms with Gasteiger partial charge in [0, 0.05) is 25.4 Å². The van der Waals surface area contributed by atoms with Crippen LogP contribution < -0.4 is 16.0 Å². The zero-order valence-corrected chi connectivity index (χ0v) is 21.5. The zero-order chi connectivity index (χ0) is 26.9. The van der Waals surface area contributed by atoms with Gasteiger partial charge in [-0.25, -0.2) is 4.79 Å². The number of carboxylic acid groups (broad SMARTS) is 1. The summed E-state index contributed by atoms with van der Waals surface area (Å²) < 4.78 is 0. The van der Waals surface area contributed by atoms with Gasteiger partial charge in [-0.1, -0.05) is 60.7 Å². The topological polar surface area (TPSA) is 128 Å². The highest BCUT2D eigenvalue weighted by molar-refractivity contribution is 5.91. The maximum Gasteiger partial charge on any atom is 0.326 e. The minimum absolute atomic E-state index is 0.0392. The summed E-state index contributed by atoms with van der Waals surface area (Å²) in [6.45, 7) is 1.34. The van der Waals surface area contributed by atoms with Crippen LogP contribution in [0.15, 0.2) is 60.7 Å². The van der Waals surface area contributed by atoms with Gasteiger partial charge in [0.15, 0.2) is 0 Å². The Balaban J connectivity index is 1.42. The second kappa shape index (κ2) is 13.2. The van der Waals surface area contributed by atoms with Crippen LogP contribution in [0, 0.1) is 0 Å². The van der Waals surface area contributed by atoms with Gasteiger partial charge in [-0.05, 0) is 49.8 Å². The van der Waals surface area contributed by atoms with E-state index in [9.17, 15) is 24.3 Å². The van der Waals surface area contributed by atoms with Crippen molar-refractivity contribution < 1.29 is 24.3 Å². The Hall–Kier alpha value is -3.72. The molecule has 0 aliphatic carbocycles. The maximum absolute atomic E-state index is 13.4. The van der Waals surface area contributed by atoms with Crippen molar-refractivity contribution in [3.8, 4) is 0 Å². The van der Waals surface area contributed by atoms with E-state index in [1.54, 1.807) is 4.90 Å². The summed E-state index contributed by atoms with van der Waals surface area (Å²) in [7, 11) is 0. The molecule has 2 saturated heterocycles. The molecule has 4 N–H and O–H groups in total. The Morgan fingerprint density at radius 2 is 1.55 bits per heavy atom. The standard InChI is InChI=1S/C29H36N4O5/c34-26(32-24(29(37)38)18-21-11-5-2-6-12-21)19-22(17-20-9-3-1-4-10-20)31-27(35)25-14-8-16-33(25)28(36)23-13-7-15-30-23/h1-6,9-12,22-25,30H,7-8,13-19H2,(H,31,35)(H,32,34)(H,37,38)/t22-,23-,24-,25-/m0/s1. The van der Waals surface area contributed by atoms with E-state index >= 15 is 0 Å². The molecule has 4 atom stereocenters. The lowest BCUT2D eigenvalue weighted by Gasteiger charge is -2.28. The summed E-state index contributed by atoms with van der Waals surface area (Å²) in [5.41, 5.74) is 1.75. The number of aliphatic carboxylic acids is 1. The third-order valence-corrected chi connectivity index (χ3v) is 7.22. The van der Waals surface area contributed by atoms with E-state index in [1.165, 1.54) is 0 Å². The minimum atomic E-state index is -1.12. The van der Waals surface area contributed by atoms with Crippen LogP contribution in [-0.4, -0.2) is 71.0 Å². The molecule has 2 heterocycles. The highest BCUT2D eigenvalue weighted by Gasteiger charge is 2.38. The van der Waals surface area contributed by atoms with Crippen molar-refractivity contribution in [3.63, 3.8) is 0 Å². The fraction of sp³-hybridized carbons (Fsp3) is 0.448. The molecule has 2 aromatic carbocycles. The van der Waals surface area contributed by atoms with Crippen molar-refractivity contribution in [2.75, 3.05) is 13.1 Å². The molecule has 0 saturated carbocycles. The first-order valence-corrected chi connectivity index (χ1v) is 13.3. The van der Waals surface area contributed by atoms with Crippen LogP contribution in [-0.2, 0) is 32.0 Å². The van der Waals surface area contributed by atoms with Gasteiger partial charge in [-0.3, -0.25) is 14.4 Å². The largest absolute Gasteiger partial charge is 0.480 e. The van der Waals surface area contributed by atoms with Gasteiger partial charge in [0.05, 0.1) is 6.04 Å². The van der Waals surface area contributed by atoms with Gasteiger partial charge >= 0.3 is 5.97 Å². The first-order chi connectivity index (χ1) is 18.4. The lowest BCUT2D eigenvalue weighted by Crippen LogP contribution is -2.53. The molecule has 0 bridgehead atoms. The fourth-order valence-corrected chi connectivity index (χ4v) is 5.30. The van der Waals surface area contributed by atoms with E-state index in [4.69, 9.17) is 0 Å². The number of hydrogen-bond donors (Lipinski definition) is 4. The number of carbonyl (C=O) groups excluding carboxylic acids is 3. The Labute approximate surface area is 223 Å².